The summed E-state index contributed by atoms with van der Waals surface area (Å²) >= 11 is 0. The molecule has 0 aliphatic carbocycles. The van der Waals surface area contributed by atoms with Crippen molar-refractivity contribution < 1.29 is 4.74 Å². The van der Waals surface area contributed by atoms with E-state index in [0.717, 1.165) is 25.2 Å². The van der Waals surface area contributed by atoms with Gasteiger partial charge in [-0.15, -0.1) is 0 Å². The van der Waals surface area contributed by atoms with Crippen LogP contribution in [0, 0.1) is 5.92 Å². The SMILES string of the molecule is CNC(Cc1cccnc1)C1COc2ccccc2C1. The van der Waals surface area contributed by atoms with Gasteiger partial charge < -0.3 is 10.1 Å². The molecule has 2 atom stereocenters. The zero-order chi connectivity index (χ0) is 13.8. The molecule has 1 aromatic carbocycles. The number of hydrogen-bond acceptors (Lipinski definition) is 3. The maximum atomic E-state index is 5.90. The lowest BCUT2D eigenvalue weighted by Crippen LogP contribution is -2.41. The monoisotopic (exact) mass is 268 g/mol. The van der Waals surface area contributed by atoms with E-state index in [1.807, 2.05) is 31.6 Å². The Balaban J connectivity index is 1.72. The van der Waals surface area contributed by atoms with Crippen LogP contribution < -0.4 is 10.1 Å². The number of nitrogens with one attached hydrogen (secondary N) is 1. The predicted molar refractivity (Wildman–Crippen MR) is 79.9 cm³/mol. The van der Waals surface area contributed by atoms with E-state index in [9.17, 15) is 0 Å². The van der Waals surface area contributed by atoms with Gasteiger partial charge in [0.05, 0.1) is 6.61 Å². The van der Waals surface area contributed by atoms with E-state index < -0.39 is 0 Å². The van der Waals surface area contributed by atoms with Gasteiger partial charge in [0.25, 0.3) is 0 Å². The van der Waals surface area contributed by atoms with E-state index in [0.29, 0.717) is 12.0 Å². The fourth-order valence-electron chi connectivity index (χ4n) is 2.89. The van der Waals surface area contributed by atoms with Crippen molar-refractivity contribution in [1.82, 2.24) is 10.3 Å². The number of hydrogen-bond donors (Lipinski definition) is 1. The lowest BCUT2D eigenvalue weighted by molar-refractivity contribution is 0.187. The molecule has 0 bridgehead atoms. The average molecular weight is 268 g/mol. The minimum Gasteiger partial charge on any atom is -0.493 e. The third-order valence-electron chi connectivity index (χ3n) is 4.03. The molecular formula is C17H20N2O. The van der Waals surface area contributed by atoms with Gasteiger partial charge in [-0.1, -0.05) is 24.3 Å². The molecule has 2 aromatic rings. The predicted octanol–water partition coefficient (Wildman–Crippen LogP) is 2.46. The third-order valence-corrected chi connectivity index (χ3v) is 4.03. The molecule has 3 rings (SSSR count). The number of para-hydroxylation sites is 1. The van der Waals surface area contributed by atoms with Gasteiger partial charge in [0.1, 0.15) is 5.75 Å². The smallest absolute Gasteiger partial charge is 0.122 e. The van der Waals surface area contributed by atoms with Gasteiger partial charge in [-0.2, -0.15) is 0 Å². The molecule has 1 aliphatic rings. The number of aromatic nitrogens is 1. The van der Waals surface area contributed by atoms with Crippen molar-refractivity contribution in [3.05, 3.63) is 59.9 Å². The first-order valence-corrected chi connectivity index (χ1v) is 7.13. The zero-order valence-corrected chi connectivity index (χ0v) is 11.8. The van der Waals surface area contributed by atoms with Crippen molar-refractivity contribution in [2.75, 3.05) is 13.7 Å². The number of pyridine rings is 1. The van der Waals surface area contributed by atoms with Crippen LogP contribution >= 0.6 is 0 Å². The van der Waals surface area contributed by atoms with Gasteiger partial charge in [0.15, 0.2) is 0 Å². The summed E-state index contributed by atoms with van der Waals surface area (Å²) in [5.41, 5.74) is 2.58. The summed E-state index contributed by atoms with van der Waals surface area (Å²) < 4.78 is 5.90. The van der Waals surface area contributed by atoms with E-state index in [2.05, 4.69) is 34.6 Å². The summed E-state index contributed by atoms with van der Waals surface area (Å²) in [7, 11) is 2.03. The van der Waals surface area contributed by atoms with Crippen molar-refractivity contribution in [1.29, 1.82) is 0 Å². The second kappa shape index (κ2) is 6.06. The van der Waals surface area contributed by atoms with E-state index in [4.69, 9.17) is 4.74 Å². The highest BCUT2D eigenvalue weighted by molar-refractivity contribution is 5.35. The van der Waals surface area contributed by atoms with Crippen LogP contribution in [-0.2, 0) is 12.8 Å². The van der Waals surface area contributed by atoms with E-state index in [-0.39, 0.29) is 0 Å². The average Bonchev–Trinajstić information content (AvgIpc) is 2.53. The van der Waals surface area contributed by atoms with E-state index >= 15 is 0 Å². The number of rotatable bonds is 4. The van der Waals surface area contributed by atoms with Crippen LogP contribution in [0.15, 0.2) is 48.8 Å². The van der Waals surface area contributed by atoms with Gasteiger partial charge >= 0.3 is 0 Å². The molecule has 1 aromatic heterocycles. The summed E-state index contributed by atoms with van der Waals surface area (Å²) in [5, 5.41) is 3.44. The summed E-state index contributed by atoms with van der Waals surface area (Å²) in [4.78, 5) is 4.19. The van der Waals surface area contributed by atoms with Crippen molar-refractivity contribution in [3.8, 4) is 5.75 Å². The fourth-order valence-corrected chi connectivity index (χ4v) is 2.89. The molecule has 0 spiro atoms. The molecule has 104 valence electrons. The lowest BCUT2D eigenvalue weighted by atomic mass is 9.87. The van der Waals surface area contributed by atoms with Crippen LogP contribution in [0.25, 0.3) is 0 Å². The van der Waals surface area contributed by atoms with Crippen LogP contribution in [0.2, 0.25) is 0 Å². The Morgan fingerprint density at radius 2 is 2.20 bits per heavy atom. The molecule has 0 saturated heterocycles. The van der Waals surface area contributed by atoms with Crippen molar-refractivity contribution >= 4 is 0 Å². The Hall–Kier alpha value is -1.87. The largest absolute Gasteiger partial charge is 0.493 e. The van der Waals surface area contributed by atoms with E-state index in [1.165, 1.54) is 11.1 Å². The molecule has 0 radical (unpaired) electrons. The summed E-state index contributed by atoms with van der Waals surface area (Å²) in [6, 6.07) is 12.9. The molecule has 0 saturated carbocycles. The molecule has 0 fully saturated rings. The highest BCUT2D eigenvalue weighted by Crippen LogP contribution is 2.29. The Morgan fingerprint density at radius 3 is 3.00 bits per heavy atom. The minimum absolute atomic E-state index is 0.410. The van der Waals surface area contributed by atoms with Crippen molar-refractivity contribution in [2.45, 2.75) is 18.9 Å². The maximum Gasteiger partial charge on any atom is 0.122 e. The fraction of sp³-hybridized carbons (Fsp3) is 0.353. The molecular weight excluding hydrogens is 248 g/mol. The molecule has 1 N–H and O–H groups in total. The molecule has 2 heterocycles. The zero-order valence-electron chi connectivity index (χ0n) is 11.8. The van der Waals surface area contributed by atoms with Gasteiger partial charge in [0, 0.05) is 24.4 Å². The maximum absolute atomic E-state index is 5.90. The summed E-state index contributed by atoms with van der Waals surface area (Å²) in [6.07, 6.45) is 5.82. The van der Waals surface area contributed by atoms with Gasteiger partial charge in [-0.3, -0.25) is 4.98 Å². The van der Waals surface area contributed by atoms with Gasteiger partial charge in [0.2, 0.25) is 0 Å². The minimum atomic E-state index is 0.410. The second-order valence-electron chi connectivity index (χ2n) is 5.34. The summed E-state index contributed by atoms with van der Waals surface area (Å²) in [6.45, 7) is 0.781. The standard InChI is InChI=1S/C17H20N2O/c1-18-16(9-13-5-4-8-19-11-13)15-10-14-6-2-3-7-17(14)20-12-15/h2-8,11,15-16,18H,9-10,12H2,1H3. The van der Waals surface area contributed by atoms with Crippen LogP contribution in [0.1, 0.15) is 11.1 Å². The Kier molecular flexibility index (Phi) is 3.97. The third kappa shape index (κ3) is 2.83. The highest BCUT2D eigenvalue weighted by atomic mass is 16.5. The highest BCUT2D eigenvalue weighted by Gasteiger charge is 2.26. The molecule has 1 aliphatic heterocycles. The molecule has 20 heavy (non-hydrogen) atoms. The number of nitrogens with zero attached hydrogens (tertiary/aromatic N) is 1. The second-order valence-corrected chi connectivity index (χ2v) is 5.34. The van der Waals surface area contributed by atoms with Crippen molar-refractivity contribution in [3.63, 3.8) is 0 Å². The first-order valence-electron chi connectivity index (χ1n) is 7.13. The van der Waals surface area contributed by atoms with Gasteiger partial charge in [-0.25, -0.2) is 0 Å². The normalized spacial score (nSPS) is 18.9. The summed E-state index contributed by atoms with van der Waals surface area (Å²) in [5.74, 6) is 1.54. The Bertz CT molecular complexity index is 556. The molecule has 0 amide bonds. The molecule has 3 nitrogen and oxygen atoms in total. The Labute approximate surface area is 120 Å². The molecule has 2 unspecified atom stereocenters. The van der Waals surface area contributed by atoms with Gasteiger partial charge in [-0.05, 0) is 43.1 Å². The quantitative estimate of drug-likeness (QED) is 0.925. The number of ether oxygens (including phenoxy) is 1. The lowest BCUT2D eigenvalue weighted by Gasteiger charge is -2.31. The van der Waals surface area contributed by atoms with Crippen molar-refractivity contribution in [2.24, 2.45) is 5.92 Å². The first-order chi connectivity index (χ1) is 9.86. The number of benzene rings is 1. The van der Waals surface area contributed by atoms with Crippen LogP contribution in [0.5, 0.6) is 5.75 Å². The van der Waals surface area contributed by atoms with E-state index in [1.54, 1.807) is 0 Å². The Morgan fingerprint density at radius 1 is 1.30 bits per heavy atom. The van der Waals surface area contributed by atoms with Crippen LogP contribution in [-0.4, -0.2) is 24.7 Å². The van der Waals surface area contributed by atoms with Crippen LogP contribution in [0.4, 0.5) is 0 Å². The van der Waals surface area contributed by atoms with Crippen LogP contribution in [0.3, 0.4) is 0 Å². The molecule has 3 heteroatoms. The number of likely N-dealkylation sites (N-methyl/N-ethyl adjacent to an activating group) is 1. The first kappa shape index (κ1) is 13.1. The topological polar surface area (TPSA) is 34.2 Å². The number of fused-ring (bicyclic) bond motifs is 1.